The fraction of sp³-hybridized carbons (Fsp3) is 0.600. The minimum atomic E-state index is 0.709. The Labute approximate surface area is 115 Å². The molecule has 18 heavy (non-hydrogen) atoms. The first kappa shape index (κ1) is 13.9. The number of nitrogens with one attached hydrogen (secondary N) is 1. The highest BCUT2D eigenvalue weighted by Gasteiger charge is 2.18. The summed E-state index contributed by atoms with van der Waals surface area (Å²) in [6, 6.07) is 9.70. The summed E-state index contributed by atoms with van der Waals surface area (Å²) in [6.45, 7) is 8.83. The van der Waals surface area contributed by atoms with Gasteiger partial charge in [0.15, 0.2) is 0 Å². The number of hydrogen-bond donors (Lipinski definition) is 1. The van der Waals surface area contributed by atoms with Crippen LogP contribution in [-0.2, 0) is 13.1 Å². The molecule has 1 unspecified atom stereocenters. The van der Waals surface area contributed by atoms with Crippen molar-refractivity contribution in [1.29, 1.82) is 0 Å². The van der Waals surface area contributed by atoms with E-state index in [2.05, 4.69) is 60.1 Å². The van der Waals surface area contributed by atoms with Gasteiger partial charge in [-0.05, 0) is 24.6 Å². The molecule has 2 nitrogen and oxygen atoms in total. The Bertz CT molecular complexity index is 367. The van der Waals surface area contributed by atoms with Gasteiger partial charge in [0.05, 0.1) is 0 Å². The molecule has 0 saturated carbocycles. The lowest BCUT2D eigenvalue weighted by molar-refractivity contribution is 0.224. The zero-order valence-corrected chi connectivity index (χ0v) is 12.3. The number of nitrogens with zero attached hydrogens (tertiary/aromatic N) is 1. The molecule has 0 bridgehead atoms. The summed E-state index contributed by atoms with van der Waals surface area (Å²) in [5.41, 5.74) is 2.84. The highest BCUT2D eigenvalue weighted by atomic mass is 32.2. The first-order chi connectivity index (χ1) is 8.79. The minimum Gasteiger partial charge on any atom is -0.313 e. The maximum Gasteiger partial charge on any atom is 0.0237 e. The van der Waals surface area contributed by atoms with E-state index in [0.717, 1.165) is 19.6 Å². The van der Waals surface area contributed by atoms with E-state index < -0.39 is 0 Å². The Hall–Kier alpha value is -0.510. The van der Waals surface area contributed by atoms with E-state index in [1.807, 2.05) is 0 Å². The van der Waals surface area contributed by atoms with Crippen molar-refractivity contribution < 1.29 is 0 Å². The van der Waals surface area contributed by atoms with Gasteiger partial charge in [0.1, 0.15) is 0 Å². The number of hydrogen-bond acceptors (Lipinski definition) is 3. The summed E-state index contributed by atoms with van der Waals surface area (Å²) in [5.74, 6) is 2.55. The zero-order valence-electron chi connectivity index (χ0n) is 11.5. The van der Waals surface area contributed by atoms with Crippen LogP contribution in [0.3, 0.4) is 0 Å². The second-order valence-corrected chi connectivity index (χ2v) is 6.14. The van der Waals surface area contributed by atoms with Crippen molar-refractivity contribution in [3.63, 3.8) is 0 Å². The Morgan fingerprint density at radius 1 is 1.39 bits per heavy atom. The molecule has 3 heteroatoms. The highest BCUT2D eigenvalue weighted by molar-refractivity contribution is 7.99. The van der Waals surface area contributed by atoms with Crippen LogP contribution in [0.2, 0.25) is 0 Å². The van der Waals surface area contributed by atoms with E-state index in [9.17, 15) is 0 Å². The quantitative estimate of drug-likeness (QED) is 0.880. The van der Waals surface area contributed by atoms with Crippen LogP contribution in [0.1, 0.15) is 25.0 Å². The third-order valence-electron chi connectivity index (χ3n) is 3.46. The molecule has 1 heterocycles. The molecule has 1 N–H and O–H groups in total. The molecular weight excluding hydrogens is 240 g/mol. The fourth-order valence-corrected chi connectivity index (χ4v) is 3.42. The minimum absolute atomic E-state index is 0.709. The van der Waals surface area contributed by atoms with Crippen LogP contribution in [0.4, 0.5) is 0 Å². The molecule has 0 amide bonds. The Morgan fingerprint density at radius 2 is 2.22 bits per heavy atom. The van der Waals surface area contributed by atoms with Gasteiger partial charge >= 0.3 is 0 Å². The average molecular weight is 264 g/mol. The molecule has 1 aromatic carbocycles. The van der Waals surface area contributed by atoms with E-state index in [-0.39, 0.29) is 0 Å². The molecule has 1 aliphatic heterocycles. The molecule has 0 radical (unpaired) electrons. The van der Waals surface area contributed by atoms with Crippen molar-refractivity contribution in [1.82, 2.24) is 10.2 Å². The van der Waals surface area contributed by atoms with Gasteiger partial charge in [0.25, 0.3) is 0 Å². The van der Waals surface area contributed by atoms with Gasteiger partial charge in [-0.15, -0.1) is 0 Å². The van der Waals surface area contributed by atoms with Gasteiger partial charge in [-0.25, -0.2) is 0 Å². The molecule has 2 rings (SSSR count). The molecule has 1 atom stereocenters. The third kappa shape index (κ3) is 4.01. The predicted molar refractivity (Wildman–Crippen MR) is 81.0 cm³/mol. The Morgan fingerprint density at radius 3 is 3.00 bits per heavy atom. The van der Waals surface area contributed by atoms with Gasteiger partial charge in [-0.1, -0.05) is 31.2 Å². The molecule has 0 spiro atoms. The second-order valence-electron chi connectivity index (χ2n) is 4.99. The predicted octanol–water partition coefficient (Wildman–Crippen LogP) is 2.73. The first-order valence-electron chi connectivity index (χ1n) is 6.90. The Kier molecular flexibility index (Phi) is 5.54. The van der Waals surface area contributed by atoms with Gasteiger partial charge < -0.3 is 5.32 Å². The van der Waals surface area contributed by atoms with E-state index >= 15 is 0 Å². The van der Waals surface area contributed by atoms with Crippen molar-refractivity contribution in [3.05, 3.63) is 35.4 Å². The van der Waals surface area contributed by atoms with Crippen LogP contribution in [-0.4, -0.2) is 35.5 Å². The van der Waals surface area contributed by atoms with Crippen molar-refractivity contribution in [2.24, 2.45) is 0 Å². The first-order valence-corrected chi connectivity index (χ1v) is 8.05. The van der Waals surface area contributed by atoms with Crippen LogP contribution in [0.25, 0.3) is 0 Å². The van der Waals surface area contributed by atoms with E-state index in [1.165, 1.54) is 29.2 Å². The van der Waals surface area contributed by atoms with Crippen molar-refractivity contribution >= 4 is 11.8 Å². The van der Waals surface area contributed by atoms with Crippen molar-refractivity contribution in [2.75, 3.05) is 24.6 Å². The molecule has 0 aliphatic carbocycles. The normalized spacial score (nSPS) is 21.1. The fourth-order valence-electron chi connectivity index (χ4n) is 2.34. The maximum absolute atomic E-state index is 3.39. The van der Waals surface area contributed by atoms with Crippen LogP contribution >= 0.6 is 11.8 Å². The van der Waals surface area contributed by atoms with Crippen LogP contribution in [0.15, 0.2) is 24.3 Å². The smallest absolute Gasteiger partial charge is 0.0237 e. The summed E-state index contributed by atoms with van der Waals surface area (Å²) in [4.78, 5) is 2.60. The summed E-state index contributed by atoms with van der Waals surface area (Å²) in [7, 11) is 0. The largest absolute Gasteiger partial charge is 0.313 e. The molecule has 100 valence electrons. The lowest BCUT2D eigenvalue weighted by Crippen LogP contribution is -2.39. The summed E-state index contributed by atoms with van der Waals surface area (Å²) >= 11 is 2.08. The topological polar surface area (TPSA) is 15.3 Å². The summed E-state index contributed by atoms with van der Waals surface area (Å²) in [5, 5.41) is 3.39. The zero-order chi connectivity index (χ0) is 12.8. The molecule has 1 saturated heterocycles. The van der Waals surface area contributed by atoms with E-state index in [1.54, 1.807) is 0 Å². The lowest BCUT2D eigenvalue weighted by Gasteiger charge is -2.33. The van der Waals surface area contributed by atoms with Crippen LogP contribution in [0, 0.1) is 0 Å². The highest BCUT2D eigenvalue weighted by Crippen LogP contribution is 2.19. The second kappa shape index (κ2) is 7.17. The van der Waals surface area contributed by atoms with Gasteiger partial charge in [0, 0.05) is 37.2 Å². The van der Waals surface area contributed by atoms with Crippen molar-refractivity contribution in [2.45, 2.75) is 33.0 Å². The lowest BCUT2D eigenvalue weighted by atomic mass is 10.1. The van der Waals surface area contributed by atoms with E-state index in [0.29, 0.717) is 6.04 Å². The molecule has 1 fully saturated rings. The number of thioether (sulfide) groups is 1. The standard InChI is InChI=1S/C15H24N2S/c1-3-16-10-14-5-4-6-15(9-14)11-17-7-8-18-12-13(17)2/h4-6,9,13,16H,3,7-8,10-12H2,1-2H3. The van der Waals surface area contributed by atoms with Gasteiger partial charge in [-0.2, -0.15) is 11.8 Å². The Balaban J connectivity index is 1.95. The van der Waals surface area contributed by atoms with Crippen molar-refractivity contribution in [3.8, 4) is 0 Å². The van der Waals surface area contributed by atoms with Gasteiger partial charge in [0.2, 0.25) is 0 Å². The van der Waals surface area contributed by atoms with Gasteiger partial charge in [-0.3, -0.25) is 4.90 Å². The van der Waals surface area contributed by atoms with Crippen LogP contribution < -0.4 is 5.32 Å². The van der Waals surface area contributed by atoms with E-state index in [4.69, 9.17) is 0 Å². The molecule has 1 aromatic rings. The number of benzene rings is 1. The third-order valence-corrected chi connectivity index (χ3v) is 4.65. The number of rotatable bonds is 5. The summed E-state index contributed by atoms with van der Waals surface area (Å²) < 4.78 is 0. The SMILES string of the molecule is CCNCc1cccc(CN2CCSCC2C)c1. The molecule has 1 aliphatic rings. The monoisotopic (exact) mass is 264 g/mol. The molecule has 0 aromatic heterocycles. The molecular formula is C15H24N2S. The maximum atomic E-state index is 3.39. The summed E-state index contributed by atoms with van der Waals surface area (Å²) in [6.07, 6.45) is 0. The van der Waals surface area contributed by atoms with Crippen LogP contribution in [0.5, 0.6) is 0 Å². The average Bonchev–Trinajstić information content (AvgIpc) is 2.40.